The molecule has 3 rings (SSSR count). The molecule has 3 N–H and O–H groups in total. The summed E-state index contributed by atoms with van der Waals surface area (Å²) in [5.74, 6) is -0.233. The third kappa shape index (κ3) is 12.9. The number of esters is 1. The molecule has 0 aliphatic carbocycles. The van der Waals surface area contributed by atoms with Crippen molar-refractivity contribution in [3.8, 4) is 0 Å². The van der Waals surface area contributed by atoms with Crippen molar-refractivity contribution in [2.24, 2.45) is 11.8 Å². The molecule has 8 nitrogen and oxygen atoms in total. The van der Waals surface area contributed by atoms with Gasteiger partial charge in [0.15, 0.2) is 0 Å². The van der Waals surface area contributed by atoms with Crippen LogP contribution in [0.3, 0.4) is 0 Å². The van der Waals surface area contributed by atoms with Crippen molar-refractivity contribution in [3.05, 3.63) is 83.9 Å². The molecule has 41 heavy (non-hydrogen) atoms. The summed E-state index contributed by atoms with van der Waals surface area (Å²) >= 11 is 1.66. The van der Waals surface area contributed by atoms with E-state index in [-0.39, 0.29) is 56.0 Å². The van der Waals surface area contributed by atoms with E-state index in [4.69, 9.17) is 14.6 Å². The zero-order valence-electron chi connectivity index (χ0n) is 23.5. The van der Waals surface area contributed by atoms with E-state index in [1.165, 1.54) is 5.56 Å². The highest BCUT2D eigenvalue weighted by molar-refractivity contribution is 7.98. The molecule has 0 aromatic heterocycles. The van der Waals surface area contributed by atoms with Gasteiger partial charge in [-0.05, 0) is 36.8 Å². The molecule has 2 aromatic rings. The van der Waals surface area contributed by atoms with E-state index >= 15 is 0 Å². The molecule has 0 bridgehead atoms. The number of amides is 2. The van der Waals surface area contributed by atoms with Crippen molar-refractivity contribution in [2.75, 3.05) is 38.7 Å². The van der Waals surface area contributed by atoms with Crippen molar-refractivity contribution < 1.29 is 29.0 Å². The van der Waals surface area contributed by atoms with E-state index in [1.54, 1.807) is 11.8 Å². The van der Waals surface area contributed by atoms with Crippen molar-refractivity contribution in [1.29, 1.82) is 0 Å². The van der Waals surface area contributed by atoms with E-state index in [9.17, 15) is 14.4 Å². The summed E-state index contributed by atoms with van der Waals surface area (Å²) in [5, 5.41) is 14.6. The molecule has 2 aromatic carbocycles. The van der Waals surface area contributed by atoms with Gasteiger partial charge in [0.1, 0.15) is 6.61 Å². The van der Waals surface area contributed by atoms with E-state index in [0.29, 0.717) is 44.6 Å². The molecule has 3 unspecified atom stereocenters. The van der Waals surface area contributed by atoms with Gasteiger partial charge in [0.2, 0.25) is 11.8 Å². The maximum absolute atomic E-state index is 13.4. The molecule has 2 amide bonds. The van der Waals surface area contributed by atoms with Gasteiger partial charge in [-0.25, -0.2) is 0 Å². The molecule has 222 valence electrons. The quantitative estimate of drug-likeness (QED) is 0.188. The minimum absolute atomic E-state index is 0.0382. The topological polar surface area (TPSA) is 114 Å². The van der Waals surface area contributed by atoms with Crippen molar-refractivity contribution >= 4 is 29.5 Å². The van der Waals surface area contributed by atoms with E-state index in [0.717, 1.165) is 11.3 Å². The number of ether oxygens (including phenoxy) is 2. The Morgan fingerprint density at radius 2 is 1.73 bits per heavy atom. The number of carbonyl (C=O) groups is 3. The van der Waals surface area contributed by atoms with Gasteiger partial charge in [-0.3, -0.25) is 14.4 Å². The van der Waals surface area contributed by atoms with Crippen LogP contribution in [-0.2, 0) is 36.0 Å². The molecule has 9 heteroatoms. The number of allylic oxidation sites excluding steroid dienone is 2. The van der Waals surface area contributed by atoms with Gasteiger partial charge in [-0.2, -0.15) is 11.8 Å². The van der Waals surface area contributed by atoms with Crippen molar-refractivity contribution in [3.63, 3.8) is 0 Å². The van der Waals surface area contributed by atoms with Gasteiger partial charge in [-0.15, -0.1) is 0 Å². The Balaban J connectivity index is 1.67. The summed E-state index contributed by atoms with van der Waals surface area (Å²) in [6.45, 7) is 0.813. The molecule has 1 aliphatic rings. The van der Waals surface area contributed by atoms with Gasteiger partial charge in [-0.1, -0.05) is 72.8 Å². The molecule has 0 fully saturated rings. The van der Waals surface area contributed by atoms with Crippen LogP contribution < -0.4 is 10.6 Å². The first kappa shape index (κ1) is 32.4. The summed E-state index contributed by atoms with van der Waals surface area (Å²) in [6, 6.07) is 19.6. The number of nitrogens with one attached hydrogen (secondary N) is 2. The third-order valence-electron chi connectivity index (χ3n) is 6.74. The molecular formula is C32H42N2O6S. The maximum atomic E-state index is 13.4. The number of rotatable bonds is 13. The first-order valence-corrected chi connectivity index (χ1v) is 15.4. The Labute approximate surface area is 247 Å². The molecule has 0 spiro atoms. The number of hydrogen-bond donors (Lipinski definition) is 3. The molecule has 0 saturated carbocycles. The number of carbonyl (C=O) groups excluding carboxylic acids is 3. The smallest absolute Gasteiger partial charge is 0.309 e. The summed E-state index contributed by atoms with van der Waals surface area (Å²) in [5.41, 5.74) is 2.26. The maximum Gasteiger partial charge on any atom is 0.309 e. The molecule has 1 aliphatic heterocycles. The fourth-order valence-electron chi connectivity index (χ4n) is 4.53. The van der Waals surface area contributed by atoms with Crippen molar-refractivity contribution in [1.82, 2.24) is 10.6 Å². The fraction of sp³-hybridized carbons (Fsp3) is 0.469. The highest BCUT2D eigenvalue weighted by Gasteiger charge is 2.26. The average molecular weight is 583 g/mol. The largest absolute Gasteiger partial charge is 0.463 e. The Morgan fingerprint density at radius 3 is 2.46 bits per heavy atom. The second-order valence-corrected chi connectivity index (χ2v) is 11.1. The van der Waals surface area contributed by atoms with Gasteiger partial charge < -0.3 is 25.2 Å². The van der Waals surface area contributed by atoms with Crippen LogP contribution in [0.25, 0.3) is 0 Å². The van der Waals surface area contributed by atoms with Crippen molar-refractivity contribution in [2.45, 2.75) is 43.9 Å². The van der Waals surface area contributed by atoms with Crippen LogP contribution in [-0.4, -0.2) is 67.7 Å². The van der Waals surface area contributed by atoms with Crippen LogP contribution in [0.5, 0.6) is 0 Å². The standard InChI is InChI=1S/C32H42N2O6S/c35-17-19-39-18-16-33-30(36)21-27-14-8-3-9-15-28(20-25-10-4-1-5-11-25)32(38)40-22-29(34-31(27)37)24-41-23-26-12-6-2-7-13-26/h1-8,10-13,27-29,35H,9,14-24H2,(H,33,36)(H,34,37). The molecule has 1 heterocycles. The first-order chi connectivity index (χ1) is 20.0. The molecule has 3 atom stereocenters. The summed E-state index contributed by atoms with van der Waals surface area (Å²) < 4.78 is 11.0. The highest BCUT2D eigenvalue weighted by Crippen LogP contribution is 2.20. The SMILES string of the molecule is O=C(CC1CC=CCCC(Cc2ccccc2)C(=O)OCC(CSCc2ccccc2)NC1=O)NCCOCCO. The zero-order chi connectivity index (χ0) is 29.1. The Bertz CT molecular complexity index is 1080. The van der Waals surface area contributed by atoms with Crippen LogP contribution in [0, 0.1) is 11.8 Å². The Kier molecular flexibility index (Phi) is 15.1. The van der Waals surface area contributed by atoms with E-state index in [2.05, 4.69) is 22.8 Å². The highest BCUT2D eigenvalue weighted by atomic mass is 32.2. The predicted octanol–water partition coefficient (Wildman–Crippen LogP) is 3.68. The van der Waals surface area contributed by atoms with Crippen LogP contribution in [0.15, 0.2) is 72.8 Å². The van der Waals surface area contributed by atoms with Crippen LogP contribution in [0.2, 0.25) is 0 Å². The minimum Gasteiger partial charge on any atom is -0.463 e. The molecule has 0 radical (unpaired) electrons. The summed E-state index contributed by atoms with van der Waals surface area (Å²) in [7, 11) is 0. The Morgan fingerprint density at radius 1 is 1.00 bits per heavy atom. The van der Waals surface area contributed by atoms with Crippen LogP contribution in [0.1, 0.15) is 36.8 Å². The lowest BCUT2D eigenvalue weighted by Crippen LogP contribution is -2.45. The zero-order valence-corrected chi connectivity index (χ0v) is 24.4. The number of hydrogen-bond acceptors (Lipinski definition) is 7. The second-order valence-electron chi connectivity index (χ2n) is 10.1. The van der Waals surface area contributed by atoms with Gasteiger partial charge in [0.25, 0.3) is 0 Å². The number of cyclic esters (lactones) is 1. The average Bonchev–Trinajstić information content (AvgIpc) is 2.99. The fourth-order valence-corrected chi connectivity index (χ4v) is 5.54. The summed E-state index contributed by atoms with van der Waals surface area (Å²) in [4.78, 5) is 39.1. The monoisotopic (exact) mass is 582 g/mol. The van der Waals surface area contributed by atoms with Crippen LogP contribution >= 0.6 is 11.8 Å². The lowest BCUT2D eigenvalue weighted by Gasteiger charge is -2.23. The molecule has 0 saturated heterocycles. The molecular weight excluding hydrogens is 540 g/mol. The number of aliphatic hydroxyl groups is 1. The predicted molar refractivity (Wildman–Crippen MR) is 161 cm³/mol. The second kappa shape index (κ2) is 19.1. The number of thioether (sulfide) groups is 1. The normalized spacial score (nSPS) is 20.2. The van der Waals surface area contributed by atoms with Gasteiger partial charge in [0.05, 0.1) is 37.7 Å². The minimum atomic E-state index is -0.553. The van der Waals surface area contributed by atoms with E-state index in [1.807, 2.05) is 60.7 Å². The van der Waals surface area contributed by atoms with E-state index < -0.39 is 5.92 Å². The Hall–Kier alpha value is -3.14. The third-order valence-corrected chi connectivity index (χ3v) is 7.91. The van der Waals surface area contributed by atoms with Gasteiger partial charge >= 0.3 is 5.97 Å². The van der Waals surface area contributed by atoms with Crippen LogP contribution in [0.4, 0.5) is 0 Å². The number of aliphatic hydroxyl groups excluding tert-OH is 1. The first-order valence-electron chi connectivity index (χ1n) is 14.3. The lowest BCUT2D eigenvalue weighted by molar-refractivity contribution is -0.150. The number of benzene rings is 2. The summed E-state index contributed by atoms with van der Waals surface area (Å²) in [6.07, 6.45) is 6.28. The lowest BCUT2D eigenvalue weighted by atomic mass is 9.94. The van der Waals surface area contributed by atoms with Gasteiger partial charge in [0, 0.05) is 24.5 Å².